The fraction of sp³-hybridized carbons (Fsp3) is 0.900. The Morgan fingerprint density at radius 2 is 2.23 bits per heavy atom. The Kier molecular flexibility index (Phi) is 2.96. The van der Waals surface area contributed by atoms with Crippen LogP contribution in [0.2, 0.25) is 0 Å². The average Bonchev–Trinajstić information content (AvgIpc) is 2.08. The summed E-state index contributed by atoms with van der Waals surface area (Å²) in [5, 5.41) is 0. The number of amides is 1. The Hall–Kier alpha value is -0.570. The van der Waals surface area contributed by atoms with Crippen molar-refractivity contribution < 1.29 is 4.79 Å². The van der Waals surface area contributed by atoms with Crippen LogP contribution in [0.3, 0.4) is 0 Å². The molecule has 1 atom stereocenters. The molecule has 1 aliphatic heterocycles. The van der Waals surface area contributed by atoms with E-state index >= 15 is 0 Å². The van der Waals surface area contributed by atoms with Gasteiger partial charge in [0.05, 0.1) is 0 Å². The first kappa shape index (κ1) is 10.5. The molecule has 0 aliphatic carbocycles. The van der Waals surface area contributed by atoms with Gasteiger partial charge in [-0.25, -0.2) is 0 Å². The fourth-order valence-electron chi connectivity index (χ4n) is 1.81. The van der Waals surface area contributed by atoms with Crippen LogP contribution in [0.15, 0.2) is 0 Å². The highest BCUT2D eigenvalue weighted by Crippen LogP contribution is 2.27. The first-order valence-corrected chi connectivity index (χ1v) is 5.00. The third-order valence-corrected chi connectivity index (χ3v) is 2.97. The van der Waals surface area contributed by atoms with Crippen LogP contribution in [-0.2, 0) is 4.79 Å². The van der Waals surface area contributed by atoms with Gasteiger partial charge in [0.2, 0.25) is 5.91 Å². The van der Waals surface area contributed by atoms with Gasteiger partial charge in [0.15, 0.2) is 0 Å². The quantitative estimate of drug-likeness (QED) is 0.660. The van der Waals surface area contributed by atoms with Gasteiger partial charge in [0.25, 0.3) is 0 Å². The van der Waals surface area contributed by atoms with Crippen molar-refractivity contribution in [3.63, 3.8) is 0 Å². The van der Waals surface area contributed by atoms with Gasteiger partial charge in [-0.2, -0.15) is 0 Å². The molecule has 1 aliphatic rings. The van der Waals surface area contributed by atoms with Crippen molar-refractivity contribution >= 4 is 5.91 Å². The van der Waals surface area contributed by atoms with Gasteiger partial charge in [-0.05, 0) is 11.8 Å². The van der Waals surface area contributed by atoms with E-state index in [2.05, 4.69) is 13.8 Å². The smallest absolute Gasteiger partial charge is 0.222 e. The lowest BCUT2D eigenvalue weighted by atomic mass is 9.79. The van der Waals surface area contributed by atoms with Crippen molar-refractivity contribution in [1.82, 2.24) is 4.90 Å². The van der Waals surface area contributed by atoms with E-state index in [4.69, 9.17) is 5.73 Å². The van der Waals surface area contributed by atoms with Crippen molar-refractivity contribution in [2.45, 2.75) is 39.7 Å². The van der Waals surface area contributed by atoms with Crippen molar-refractivity contribution in [2.24, 2.45) is 11.1 Å². The summed E-state index contributed by atoms with van der Waals surface area (Å²) < 4.78 is 0. The number of carbonyl (C=O) groups excluding carboxylic acids is 1. The van der Waals surface area contributed by atoms with E-state index in [9.17, 15) is 4.79 Å². The molecule has 76 valence electrons. The zero-order valence-electron chi connectivity index (χ0n) is 8.84. The summed E-state index contributed by atoms with van der Waals surface area (Å²) in [7, 11) is 0. The number of nitrogens with zero attached hydrogens (tertiary/aromatic N) is 1. The fourth-order valence-corrected chi connectivity index (χ4v) is 1.81. The number of likely N-dealkylation sites (tertiary alicyclic amines) is 1. The van der Waals surface area contributed by atoms with Crippen molar-refractivity contribution in [2.75, 3.05) is 13.1 Å². The molecule has 1 fully saturated rings. The van der Waals surface area contributed by atoms with Crippen LogP contribution in [0.25, 0.3) is 0 Å². The molecule has 1 unspecified atom stereocenters. The van der Waals surface area contributed by atoms with Crippen molar-refractivity contribution in [3.8, 4) is 0 Å². The van der Waals surface area contributed by atoms with Gasteiger partial charge in [-0.1, -0.05) is 20.8 Å². The summed E-state index contributed by atoms with van der Waals surface area (Å²) in [4.78, 5) is 13.4. The Morgan fingerprint density at radius 1 is 1.62 bits per heavy atom. The molecular formula is C10H20N2O. The highest BCUT2D eigenvalue weighted by molar-refractivity contribution is 5.76. The van der Waals surface area contributed by atoms with E-state index in [-0.39, 0.29) is 17.4 Å². The van der Waals surface area contributed by atoms with E-state index in [0.717, 1.165) is 19.5 Å². The SMILES string of the molecule is CCC(=O)N1CCC(N)C(C)(C)C1. The first-order valence-electron chi connectivity index (χ1n) is 5.00. The molecule has 13 heavy (non-hydrogen) atoms. The van der Waals surface area contributed by atoms with Crippen LogP contribution in [0, 0.1) is 5.41 Å². The lowest BCUT2D eigenvalue weighted by molar-refractivity contribution is -0.134. The number of hydrogen-bond donors (Lipinski definition) is 1. The van der Waals surface area contributed by atoms with Gasteiger partial charge < -0.3 is 10.6 Å². The second kappa shape index (κ2) is 3.66. The molecule has 0 aromatic carbocycles. The van der Waals surface area contributed by atoms with Crippen LogP contribution in [0.4, 0.5) is 0 Å². The van der Waals surface area contributed by atoms with Gasteiger partial charge in [0.1, 0.15) is 0 Å². The van der Waals surface area contributed by atoms with Gasteiger partial charge in [-0.15, -0.1) is 0 Å². The van der Waals surface area contributed by atoms with Crippen LogP contribution in [0.5, 0.6) is 0 Å². The molecule has 0 radical (unpaired) electrons. The zero-order valence-corrected chi connectivity index (χ0v) is 8.84. The highest BCUT2D eigenvalue weighted by Gasteiger charge is 2.34. The second-order valence-electron chi connectivity index (χ2n) is 4.55. The van der Waals surface area contributed by atoms with E-state index < -0.39 is 0 Å². The molecule has 1 saturated heterocycles. The Morgan fingerprint density at radius 3 is 2.69 bits per heavy atom. The van der Waals surface area contributed by atoms with E-state index in [1.54, 1.807) is 0 Å². The van der Waals surface area contributed by atoms with Crippen molar-refractivity contribution in [1.29, 1.82) is 0 Å². The molecule has 3 nitrogen and oxygen atoms in total. The summed E-state index contributed by atoms with van der Waals surface area (Å²) in [6.07, 6.45) is 1.53. The molecule has 0 aromatic rings. The lowest BCUT2D eigenvalue weighted by Crippen LogP contribution is -2.53. The van der Waals surface area contributed by atoms with Gasteiger partial charge >= 0.3 is 0 Å². The Bertz CT molecular complexity index is 201. The van der Waals surface area contributed by atoms with E-state index in [1.165, 1.54) is 0 Å². The van der Waals surface area contributed by atoms with Crippen LogP contribution < -0.4 is 5.73 Å². The topological polar surface area (TPSA) is 46.3 Å². The molecule has 1 amide bonds. The maximum Gasteiger partial charge on any atom is 0.222 e. The van der Waals surface area contributed by atoms with Gasteiger partial charge in [-0.3, -0.25) is 4.79 Å². The summed E-state index contributed by atoms with van der Waals surface area (Å²) in [5.74, 6) is 0.250. The second-order valence-corrected chi connectivity index (χ2v) is 4.55. The number of carbonyl (C=O) groups is 1. The normalized spacial score (nSPS) is 27.4. The molecule has 1 heterocycles. The first-order chi connectivity index (χ1) is 5.97. The summed E-state index contributed by atoms with van der Waals surface area (Å²) in [6.45, 7) is 7.81. The number of piperidine rings is 1. The summed E-state index contributed by atoms with van der Waals surface area (Å²) >= 11 is 0. The van der Waals surface area contributed by atoms with Crippen molar-refractivity contribution in [3.05, 3.63) is 0 Å². The number of hydrogen-bond acceptors (Lipinski definition) is 2. The van der Waals surface area contributed by atoms with Gasteiger partial charge in [0, 0.05) is 25.6 Å². The molecular weight excluding hydrogens is 164 g/mol. The number of rotatable bonds is 1. The van der Waals surface area contributed by atoms with Crippen LogP contribution in [0.1, 0.15) is 33.6 Å². The monoisotopic (exact) mass is 184 g/mol. The van der Waals surface area contributed by atoms with Crippen LogP contribution in [-0.4, -0.2) is 29.9 Å². The Balaban J connectivity index is 2.60. The van der Waals surface area contributed by atoms with E-state index in [1.807, 2.05) is 11.8 Å². The van der Waals surface area contributed by atoms with Crippen LogP contribution >= 0.6 is 0 Å². The van der Waals surface area contributed by atoms with E-state index in [0.29, 0.717) is 6.42 Å². The maximum absolute atomic E-state index is 11.4. The Labute approximate surface area is 80.3 Å². The zero-order chi connectivity index (χ0) is 10.1. The highest BCUT2D eigenvalue weighted by atomic mass is 16.2. The molecule has 2 N–H and O–H groups in total. The standard InChI is InChI=1S/C10H20N2O/c1-4-9(13)12-6-5-8(11)10(2,3)7-12/h8H,4-7,11H2,1-3H3. The summed E-state index contributed by atoms with van der Waals surface area (Å²) in [6, 6.07) is 0.230. The third-order valence-electron chi connectivity index (χ3n) is 2.97. The minimum atomic E-state index is 0.0725. The predicted molar refractivity (Wildman–Crippen MR) is 53.2 cm³/mol. The lowest BCUT2D eigenvalue weighted by Gasteiger charge is -2.42. The largest absolute Gasteiger partial charge is 0.342 e. The number of nitrogens with two attached hydrogens (primary N) is 1. The maximum atomic E-state index is 11.4. The summed E-state index contributed by atoms with van der Waals surface area (Å²) in [5.41, 5.74) is 6.05. The minimum Gasteiger partial charge on any atom is -0.342 e. The molecule has 0 bridgehead atoms. The third kappa shape index (κ3) is 2.21. The minimum absolute atomic E-state index is 0.0725. The molecule has 3 heteroatoms. The predicted octanol–water partition coefficient (Wildman–Crippen LogP) is 0.982. The molecule has 0 spiro atoms. The average molecular weight is 184 g/mol. The molecule has 0 saturated carbocycles. The molecule has 0 aromatic heterocycles. The molecule has 1 rings (SSSR count).